The number of ether oxygens (including phenoxy) is 2. The van der Waals surface area contributed by atoms with Gasteiger partial charge in [-0.25, -0.2) is 9.79 Å². The van der Waals surface area contributed by atoms with Crippen LogP contribution in [-0.4, -0.2) is 31.0 Å². The summed E-state index contributed by atoms with van der Waals surface area (Å²) in [6.07, 6.45) is 4.49. The van der Waals surface area contributed by atoms with Crippen LogP contribution in [0.5, 0.6) is 11.5 Å². The molecule has 0 bridgehead atoms. The van der Waals surface area contributed by atoms with Crippen LogP contribution >= 0.6 is 11.3 Å². The second kappa shape index (κ2) is 7.05. The van der Waals surface area contributed by atoms with Gasteiger partial charge in [-0.15, -0.1) is 11.3 Å². The third-order valence-electron chi connectivity index (χ3n) is 3.94. The second-order valence-corrected chi connectivity index (χ2v) is 6.50. The van der Waals surface area contributed by atoms with Crippen molar-refractivity contribution >= 4 is 28.5 Å². The Hall–Kier alpha value is -2.34. The molecule has 1 aromatic carbocycles. The van der Waals surface area contributed by atoms with Crippen LogP contribution < -0.4 is 4.74 Å². The van der Waals surface area contributed by atoms with Gasteiger partial charge in [-0.3, -0.25) is 0 Å². The van der Waals surface area contributed by atoms with Crippen molar-refractivity contribution in [2.45, 2.75) is 26.2 Å². The lowest BCUT2D eigenvalue weighted by atomic mass is 10.1. The van der Waals surface area contributed by atoms with Gasteiger partial charge in [-0.1, -0.05) is 6.07 Å². The Morgan fingerprint density at radius 3 is 3.00 bits per heavy atom. The summed E-state index contributed by atoms with van der Waals surface area (Å²) in [4.78, 5) is 17.8. The maximum absolute atomic E-state index is 12.1. The monoisotopic (exact) mass is 345 g/mol. The number of esters is 1. The van der Waals surface area contributed by atoms with E-state index in [2.05, 4.69) is 4.99 Å². The van der Waals surface area contributed by atoms with Crippen molar-refractivity contribution in [1.82, 2.24) is 0 Å². The van der Waals surface area contributed by atoms with Crippen molar-refractivity contribution in [3.8, 4) is 11.5 Å². The van der Waals surface area contributed by atoms with Gasteiger partial charge in [0.25, 0.3) is 0 Å². The molecule has 0 fully saturated rings. The van der Waals surface area contributed by atoms with Gasteiger partial charge in [0, 0.05) is 16.7 Å². The number of thiophene rings is 1. The average molecular weight is 345 g/mol. The molecule has 5 nitrogen and oxygen atoms in total. The Balaban J connectivity index is 1.96. The van der Waals surface area contributed by atoms with E-state index in [0.29, 0.717) is 28.5 Å². The molecular weight excluding hydrogens is 326 g/mol. The van der Waals surface area contributed by atoms with E-state index in [1.807, 2.05) is 6.92 Å². The number of nitrogens with zero attached hydrogens (tertiary/aromatic N) is 1. The Morgan fingerprint density at radius 1 is 1.42 bits per heavy atom. The van der Waals surface area contributed by atoms with E-state index in [0.717, 1.165) is 24.8 Å². The Labute approximate surface area is 144 Å². The fourth-order valence-corrected chi connectivity index (χ4v) is 4.06. The first kappa shape index (κ1) is 16.5. The fraction of sp³-hybridized carbons (Fsp3) is 0.333. The molecule has 1 aliphatic carbocycles. The summed E-state index contributed by atoms with van der Waals surface area (Å²) < 4.78 is 10.3. The lowest BCUT2D eigenvalue weighted by Crippen LogP contribution is -2.03. The summed E-state index contributed by atoms with van der Waals surface area (Å²) in [5.74, 6) is 0.115. The van der Waals surface area contributed by atoms with Gasteiger partial charge < -0.3 is 14.6 Å². The number of aliphatic imine (C=N–C) groups is 1. The van der Waals surface area contributed by atoms with Crippen LogP contribution in [0.25, 0.3) is 0 Å². The smallest absolute Gasteiger partial charge is 0.341 e. The van der Waals surface area contributed by atoms with Crippen molar-refractivity contribution in [3.05, 3.63) is 39.8 Å². The SMILES string of the molecule is CCOc1cccc(/C=N/c2sc3c(c2C(=O)OC)CCC3)c1O. The number of carbonyl (C=O) groups excluding carboxylic acids is 1. The number of benzene rings is 1. The quantitative estimate of drug-likeness (QED) is 0.660. The third-order valence-corrected chi connectivity index (χ3v) is 5.14. The van der Waals surface area contributed by atoms with Gasteiger partial charge >= 0.3 is 5.97 Å². The molecule has 1 heterocycles. The van der Waals surface area contributed by atoms with Gasteiger partial charge in [-0.2, -0.15) is 0 Å². The molecule has 2 aromatic rings. The summed E-state index contributed by atoms with van der Waals surface area (Å²) in [5, 5.41) is 10.9. The highest BCUT2D eigenvalue weighted by atomic mass is 32.1. The van der Waals surface area contributed by atoms with Crippen LogP contribution in [0.1, 0.15) is 39.7 Å². The van der Waals surface area contributed by atoms with Crippen LogP contribution in [0.2, 0.25) is 0 Å². The maximum Gasteiger partial charge on any atom is 0.341 e. The van der Waals surface area contributed by atoms with Gasteiger partial charge in [0.1, 0.15) is 5.00 Å². The highest BCUT2D eigenvalue weighted by Crippen LogP contribution is 2.41. The van der Waals surface area contributed by atoms with E-state index in [1.54, 1.807) is 24.4 Å². The van der Waals surface area contributed by atoms with E-state index in [9.17, 15) is 9.90 Å². The minimum absolute atomic E-state index is 0.0480. The molecule has 0 amide bonds. The van der Waals surface area contributed by atoms with E-state index in [-0.39, 0.29) is 11.7 Å². The van der Waals surface area contributed by atoms with E-state index >= 15 is 0 Å². The van der Waals surface area contributed by atoms with E-state index in [4.69, 9.17) is 9.47 Å². The average Bonchev–Trinajstić information content (AvgIpc) is 3.15. The fourth-order valence-electron chi connectivity index (χ4n) is 2.84. The van der Waals surface area contributed by atoms with Crippen molar-refractivity contribution < 1.29 is 19.4 Å². The van der Waals surface area contributed by atoms with Gasteiger partial charge in [0.05, 0.1) is 19.3 Å². The standard InChI is InChI=1S/C18H19NO4S/c1-3-23-13-8-4-6-11(16(13)20)10-19-17-15(18(21)22-2)12-7-5-9-14(12)24-17/h4,6,8,10,20H,3,5,7,9H2,1-2H3/b19-10+. The zero-order chi connectivity index (χ0) is 17.1. The highest BCUT2D eigenvalue weighted by Gasteiger charge is 2.26. The topological polar surface area (TPSA) is 68.1 Å². The molecule has 0 saturated heterocycles. The predicted molar refractivity (Wildman–Crippen MR) is 94.2 cm³/mol. The molecule has 3 rings (SSSR count). The number of phenolic OH excluding ortho intramolecular Hbond substituents is 1. The predicted octanol–water partition coefficient (Wildman–Crippen LogP) is 3.88. The van der Waals surface area contributed by atoms with Crippen LogP contribution in [0.4, 0.5) is 5.00 Å². The Morgan fingerprint density at radius 2 is 2.25 bits per heavy atom. The first-order chi connectivity index (χ1) is 11.7. The molecule has 0 spiro atoms. The normalized spacial score (nSPS) is 13.2. The van der Waals surface area contributed by atoms with Crippen LogP contribution in [0.15, 0.2) is 23.2 Å². The second-order valence-electron chi connectivity index (χ2n) is 5.41. The summed E-state index contributed by atoms with van der Waals surface area (Å²) in [5.41, 5.74) is 2.17. The molecule has 1 aromatic heterocycles. The van der Waals surface area contributed by atoms with Gasteiger partial charge in [0.15, 0.2) is 11.5 Å². The third kappa shape index (κ3) is 3.01. The first-order valence-electron chi connectivity index (χ1n) is 7.87. The number of hydrogen-bond donors (Lipinski definition) is 1. The zero-order valence-corrected chi connectivity index (χ0v) is 14.5. The van der Waals surface area contributed by atoms with E-state index in [1.165, 1.54) is 23.3 Å². The number of aromatic hydroxyl groups is 1. The van der Waals surface area contributed by atoms with Crippen LogP contribution in [-0.2, 0) is 17.6 Å². The minimum Gasteiger partial charge on any atom is -0.504 e. The molecule has 126 valence electrons. The summed E-state index contributed by atoms with van der Waals surface area (Å²) in [7, 11) is 1.38. The summed E-state index contributed by atoms with van der Waals surface area (Å²) in [6, 6.07) is 5.25. The molecule has 0 atom stereocenters. The molecule has 1 N–H and O–H groups in total. The van der Waals surface area contributed by atoms with Crippen molar-refractivity contribution in [2.75, 3.05) is 13.7 Å². The Kier molecular flexibility index (Phi) is 4.85. The molecule has 0 aliphatic heterocycles. The lowest BCUT2D eigenvalue weighted by molar-refractivity contribution is 0.0601. The molecular formula is C18H19NO4S. The molecule has 0 saturated carbocycles. The number of carbonyl (C=O) groups is 1. The first-order valence-corrected chi connectivity index (χ1v) is 8.69. The number of rotatable bonds is 5. The minimum atomic E-state index is -0.353. The highest BCUT2D eigenvalue weighted by molar-refractivity contribution is 7.16. The Bertz CT molecular complexity index is 795. The van der Waals surface area contributed by atoms with E-state index < -0.39 is 0 Å². The largest absolute Gasteiger partial charge is 0.504 e. The number of hydrogen-bond acceptors (Lipinski definition) is 6. The molecule has 24 heavy (non-hydrogen) atoms. The number of methoxy groups -OCH3 is 1. The molecule has 6 heteroatoms. The maximum atomic E-state index is 12.1. The number of para-hydroxylation sites is 1. The van der Waals surface area contributed by atoms with Crippen LogP contribution in [0, 0.1) is 0 Å². The van der Waals surface area contributed by atoms with Crippen LogP contribution in [0.3, 0.4) is 0 Å². The van der Waals surface area contributed by atoms with Gasteiger partial charge in [0.2, 0.25) is 0 Å². The van der Waals surface area contributed by atoms with Gasteiger partial charge in [-0.05, 0) is 43.9 Å². The number of aryl methyl sites for hydroxylation is 1. The molecule has 0 radical (unpaired) electrons. The lowest BCUT2D eigenvalue weighted by Gasteiger charge is -2.07. The zero-order valence-electron chi connectivity index (χ0n) is 13.7. The van der Waals surface area contributed by atoms with Crippen molar-refractivity contribution in [3.63, 3.8) is 0 Å². The summed E-state index contributed by atoms with van der Waals surface area (Å²) in [6.45, 7) is 2.33. The van der Waals surface area contributed by atoms with Crippen molar-refractivity contribution in [1.29, 1.82) is 0 Å². The summed E-state index contributed by atoms with van der Waals surface area (Å²) >= 11 is 1.52. The number of phenols is 1. The molecule has 0 unspecified atom stereocenters. The van der Waals surface area contributed by atoms with Crippen molar-refractivity contribution in [2.24, 2.45) is 4.99 Å². The molecule has 1 aliphatic rings. The number of fused-ring (bicyclic) bond motifs is 1.